The second-order valence-corrected chi connectivity index (χ2v) is 3.42. The summed E-state index contributed by atoms with van der Waals surface area (Å²) in [6.45, 7) is 0.604. The second-order valence-electron chi connectivity index (χ2n) is 3.02. The lowest BCUT2D eigenvalue weighted by Crippen LogP contribution is -2.29. The number of hydrogen-bond acceptors (Lipinski definition) is 2. The first-order valence-corrected chi connectivity index (χ1v) is 4.89. The average Bonchev–Trinajstić information content (AvgIpc) is 2.25. The third-order valence-electron chi connectivity index (χ3n) is 2.04. The molecule has 1 aromatic carbocycles. The van der Waals surface area contributed by atoms with Crippen molar-refractivity contribution in [3.63, 3.8) is 0 Å². The van der Waals surface area contributed by atoms with E-state index in [-0.39, 0.29) is 17.6 Å². The van der Waals surface area contributed by atoms with Gasteiger partial charge in [-0.3, -0.25) is 5.32 Å². The van der Waals surface area contributed by atoms with Gasteiger partial charge in [-0.05, 0) is 6.07 Å². The Kier molecular flexibility index (Phi) is 4.57. The van der Waals surface area contributed by atoms with Crippen LogP contribution in [0.15, 0.2) is 18.2 Å². The zero-order valence-electron chi connectivity index (χ0n) is 8.13. The fourth-order valence-corrected chi connectivity index (χ4v) is 1.47. The van der Waals surface area contributed by atoms with Crippen LogP contribution in [0.5, 0.6) is 0 Å². The van der Waals surface area contributed by atoms with E-state index in [2.05, 4.69) is 11.2 Å². The molecule has 80 valence electrons. The van der Waals surface area contributed by atoms with Crippen LogP contribution >= 0.6 is 11.6 Å². The third kappa shape index (κ3) is 2.93. The van der Waals surface area contributed by atoms with E-state index in [1.807, 2.05) is 0 Å². The Bertz CT molecular complexity index is 373. The Balaban J connectivity index is 2.92. The van der Waals surface area contributed by atoms with E-state index in [1.54, 1.807) is 12.1 Å². The maximum atomic E-state index is 13.6. The highest BCUT2D eigenvalue weighted by Gasteiger charge is 2.14. The van der Waals surface area contributed by atoms with E-state index in [9.17, 15) is 4.39 Å². The Morgan fingerprint density at radius 2 is 2.33 bits per heavy atom. The standard InChI is InChI=1S/C11H12ClFN2/c1-2-6-15-10(7-14)8-4-3-5-9(12)11(8)13/h1,3-5,10,15H,6-7,14H2. The van der Waals surface area contributed by atoms with Crippen LogP contribution in [-0.2, 0) is 0 Å². The van der Waals surface area contributed by atoms with Gasteiger partial charge in [0.25, 0.3) is 0 Å². The van der Waals surface area contributed by atoms with Crippen LogP contribution < -0.4 is 11.1 Å². The minimum atomic E-state index is -0.445. The first-order chi connectivity index (χ1) is 7.20. The van der Waals surface area contributed by atoms with E-state index in [0.717, 1.165) is 0 Å². The molecule has 4 heteroatoms. The number of halogens is 2. The predicted octanol–water partition coefficient (Wildman–Crippen LogP) is 1.70. The summed E-state index contributed by atoms with van der Waals surface area (Å²) >= 11 is 5.67. The summed E-state index contributed by atoms with van der Waals surface area (Å²) in [6, 6.07) is 4.51. The number of terminal acetylenes is 1. The molecule has 1 unspecified atom stereocenters. The first kappa shape index (κ1) is 12.0. The average molecular weight is 227 g/mol. The van der Waals surface area contributed by atoms with Crippen molar-refractivity contribution >= 4 is 11.6 Å². The topological polar surface area (TPSA) is 38.0 Å². The minimum Gasteiger partial charge on any atom is -0.329 e. The zero-order chi connectivity index (χ0) is 11.3. The molecule has 2 nitrogen and oxygen atoms in total. The van der Waals surface area contributed by atoms with Crippen LogP contribution in [-0.4, -0.2) is 13.1 Å². The maximum absolute atomic E-state index is 13.6. The molecule has 0 aliphatic rings. The molecule has 3 N–H and O–H groups in total. The Morgan fingerprint density at radius 1 is 1.60 bits per heavy atom. The van der Waals surface area contributed by atoms with Gasteiger partial charge < -0.3 is 5.73 Å². The van der Waals surface area contributed by atoms with Gasteiger partial charge in [0.05, 0.1) is 11.6 Å². The van der Waals surface area contributed by atoms with Crippen LogP contribution in [0.2, 0.25) is 5.02 Å². The molecule has 15 heavy (non-hydrogen) atoms. The largest absolute Gasteiger partial charge is 0.329 e. The van der Waals surface area contributed by atoms with Gasteiger partial charge in [0.15, 0.2) is 0 Å². The molecule has 0 aromatic heterocycles. The van der Waals surface area contributed by atoms with Crippen molar-refractivity contribution in [1.29, 1.82) is 0 Å². The fraction of sp³-hybridized carbons (Fsp3) is 0.273. The van der Waals surface area contributed by atoms with E-state index in [1.165, 1.54) is 6.07 Å². The predicted molar refractivity (Wildman–Crippen MR) is 60.0 cm³/mol. The minimum absolute atomic E-state index is 0.0912. The van der Waals surface area contributed by atoms with Gasteiger partial charge in [-0.1, -0.05) is 29.7 Å². The second kappa shape index (κ2) is 5.72. The number of nitrogens with two attached hydrogens (primary N) is 1. The highest BCUT2D eigenvalue weighted by molar-refractivity contribution is 6.30. The molecule has 0 radical (unpaired) electrons. The van der Waals surface area contributed by atoms with Crippen LogP contribution in [0.1, 0.15) is 11.6 Å². The van der Waals surface area contributed by atoms with Crippen molar-refractivity contribution in [3.8, 4) is 12.3 Å². The SMILES string of the molecule is C#CCNC(CN)c1cccc(Cl)c1F. The lowest BCUT2D eigenvalue weighted by molar-refractivity contribution is 0.530. The summed E-state index contributed by atoms with van der Waals surface area (Å²) in [6.07, 6.45) is 5.10. The van der Waals surface area contributed by atoms with Crippen molar-refractivity contribution in [1.82, 2.24) is 5.32 Å². The van der Waals surface area contributed by atoms with E-state index in [0.29, 0.717) is 12.1 Å². The molecule has 0 bridgehead atoms. The van der Waals surface area contributed by atoms with E-state index in [4.69, 9.17) is 23.8 Å². The zero-order valence-corrected chi connectivity index (χ0v) is 8.89. The number of nitrogens with one attached hydrogen (secondary N) is 1. The van der Waals surface area contributed by atoms with Crippen LogP contribution in [0, 0.1) is 18.2 Å². The molecule has 0 saturated heterocycles. The van der Waals surface area contributed by atoms with Gasteiger partial charge in [-0.15, -0.1) is 6.42 Å². The Hall–Kier alpha value is -1.08. The van der Waals surface area contributed by atoms with Crippen molar-refractivity contribution in [2.24, 2.45) is 5.73 Å². The van der Waals surface area contributed by atoms with Crippen molar-refractivity contribution < 1.29 is 4.39 Å². The molecule has 0 amide bonds. The quantitative estimate of drug-likeness (QED) is 0.767. The van der Waals surface area contributed by atoms with Gasteiger partial charge in [-0.25, -0.2) is 4.39 Å². The monoisotopic (exact) mass is 226 g/mol. The van der Waals surface area contributed by atoms with Gasteiger partial charge in [0, 0.05) is 18.2 Å². The molecule has 1 atom stereocenters. The maximum Gasteiger partial charge on any atom is 0.146 e. The van der Waals surface area contributed by atoms with Crippen LogP contribution in [0.3, 0.4) is 0 Å². The Morgan fingerprint density at radius 3 is 2.93 bits per heavy atom. The van der Waals surface area contributed by atoms with Crippen molar-refractivity contribution in [3.05, 3.63) is 34.6 Å². The highest BCUT2D eigenvalue weighted by Crippen LogP contribution is 2.22. The molecule has 0 heterocycles. The summed E-state index contributed by atoms with van der Waals surface area (Å²) in [4.78, 5) is 0. The van der Waals surface area contributed by atoms with E-state index < -0.39 is 5.82 Å². The fourth-order valence-electron chi connectivity index (χ4n) is 1.29. The molecule has 1 rings (SSSR count). The molecular formula is C11H12ClFN2. The summed E-state index contributed by atoms with van der Waals surface area (Å²) < 4.78 is 13.6. The number of rotatable bonds is 4. The summed E-state index contributed by atoms with van der Waals surface area (Å²) in [5.41, 5.74) is 5.97. The lowest BCUT2D eigenvalue weighted by atomic mass is 10.1. The van der Waals surface area contributed by atoms with Crippen LogP contribution in [0.25, 0.3) is 0 Å². The van der Waals surface area contributed by atoms with E-state index >= 15 is 0 Å². The molecule has 1 aromatic rings. The van der Waals surface area contributed by atoms with Crippen LogP contribution in [0.4, 0.5) is 4.39 Å². The summed E-state index contributed by atoms with van der Waals surface area (Å²) in [5.74, 6) is 1.97. The van der Waals surface area contributed by atoms with Gasteiger partial charge in [0.2, 0.25) is 0 Å². The molecule has 0 fully saturated rings. The van der Waals surface area contributed by atoms with Gasteiger partial charge in [-0.2, -0.15) is 0 Å². The Labute approximate surface area is 93.6 Å². The molecule has 0 aliphatic carbocycles. The van der Waals surface area contributed by atoms with Crippen molar-refractivity contribution in [2.75, 3.05) is 13.1 Å². The van der Waals surface area contributed by atoms with Gasteiger partial charge >= 0.3 is 0 Å². The summed E-state index contributed by atoms with van der Waals surface area (Å²) in [7, 11) is 0. The molecule has 0 saturated carbocycles. The lowest BCUT2D eigenvalue weighted by Gasteiger charge is -2.16. The number of benzene rings is 1. The van der Waals surface area contributed by atoms with Crippen molar-refractivity contribution in [2.45, 2.75) is 6.04 Å². The smallest absolute Gasteiger partial charge is 0.146 e. The summed E-state index contributed by atoms with van der Waals surface area (Å²) in [5, 5.41) is 3.03. The van der Waals surface area contributed by atoms with Gasteiger partial charge in [0.1, 0.15) is 5.82 Å². The molecular weight excluding hydrogens is 215 g/mol. The highest BCUT2D eigenvalue weighted by atomic mass is 35.5. The number of hydrogen-bond donors (Lipinski definition) is 2. The molecule has 0 aliphatic heterocycles. The third-order valence-corrected chi connectivity index (χ3v) is 2.34. The molecule has 0 spiro atoms. The first-order valence-electron chi connectivity index (χ1n) is 4.51. The normalized spacial score (nSPS) is 12.1.